The van der Waals surface area contributed by atoms with Gasteiger partial charge in [-0.1, -0.05) is 6.92 Å². The number of imide groups is 2. The Balaban J connectivity index is 1.87. The van der Waals surface area contributed by atoms with E-state index in [-0.39, 0.29) is 24.7 Å². The number of hydrogen-bond acceptors (Lipinski definition) is 6. The van der Waals surface area contributed by atoms with Gasteiger partial charge < -0.3 is 4.90 Å². The van der Waals surface area contributed by atoms with Crippen LogP contribution in [0.25, 0.3) is 0 Å². The van der Waals surface area contributed by atoms with Crippen LogP contribution < -0.4 is 10.2 Å². The Bertz CT molecular complexity index is 885. The van der Waals surface area contributed by atoms with Crippen molar-refractivity contribution >= 4 is 29.2 Å². The van der Waals surface area contributed by atoms with Gasteiger partial charge in [0, 0.05) is 37.3 Å². The number of nitro benzene ring substituents is 1. The maximum absolute atomic E-state index is 13.5. The Kier molecular flexibility index (Phi) is 4.32. The molecule has 1 aromatic carbocycles. The number of non-ortho nitro benzene ring substituents is 1. The monoisotopic (exact) mass is 386 g/mol. The topological polar surface area (TPSA) is 113 Å². The fourth-order valence-corrected chi connectivity index (χ4v) is 4.84. The molecule has 3 aliphatic rings. The van der Waals surface area contributed by atoms with Crippen LogP contribution in [0.1, 0.15) is 38.2 Å². The lowest BCUT2D eigenvalue weighted by Gasteiger charge is -2.53. The van der Waals surface area contributed by atoms with E-state index in [1.807, 2.05) is 11.8 Å². The van der Waals surface area contributed by atoms with Crippen molar-refractivity contribution in [3.8, 4) is 0 Å². The van der Waals surface area contributed by atoms with Crippen LogP contribution in [-0.4, -0.2) is 46.8 Å². The molecule has 2 atom stereocenters. The van der Waals surface area contributed by atoms with Gasteiger partial charge in [-0.15, -0.1) is 0 Å². The quantitative estimate of drug-likeness (QED) is 0.483. The van der Waals surface area contributed by atoms with E-state index in [9.17, 15) is 24.5 Å². The number of fused-ring (bicyclic) bond motifs is 4. The smallest absolute Gasteiger partial charge is 0.330 e. The summed E-state index contributed by atoms with van der Waals surface area (Å²) in [7, 11) is 0. The van der Waals surface area contributed by atoms with Crippen LogP contribution in [-0.2, 0) is 16.0 Å². The van der Waals surface area contributed by atoms with Crippen molar-refractivity contribution in [1.29, 1.82) is 0 Å². The summed E-state index contributed by atoms with van der Waals surface area (Å²) in [6.45, 7) is 2.75. The average molecular weight is 386 g/mol. The van der Waals surface area contributed by atoms with Gasteiger partial charge in [0.1, 0.15) is 0 Å². The molecule has 4 rings (SSSR count). The number of hydrogen-bond donors (Lipinski definition) is 1. The zero-order chi connectivity index (χ0) is 20.1. The molecule has 148 valence electrons. The van der Waals surface area contributed by atoms with Crippen molar-refractivity contribution in [2.75, 3.05) is 18.0 Å². The first kappa shape index (κ1) is 18.4. The molecule has 28 heavy (non-hydrogen) atoms. The van der Waals surface area contributed by atoms with Crippen molar-refractivity contribution in [2.24, 2.45) is 5.41 Å². The van der Waals surface area contributed by atoms with Gasteiger partial charge in [-0.2, -0.15) is 0 Å². The summed E-state index contributed by atoms with van der Waals surface area (Å²) in [5, 5.41) is 13.6. The van der Waals surface area contributed by atoms with Crippen LogP contribution in [0, 0.1) is 15.5 Å². The lowest BCUT2D eigenvalue weighted by molar-refractivity contribution is -0.384. The molecule has 0 saturated carbocycles. The molecule has 9 nitrogen and oxygen atoms in total. The normalized spacial score (nSPS) is 26.8. The number of carbonyl (C=O) groups is 3. The summed E-state index contributed by atoms with van der Waals surface area (Å²) >= 11 is 0. The second-order valence-corrected chi connectivity index (χ2v) is 7.64. The third kappa shape index (κ3) is 2.49. The van der Waals surface area contributed by atoms with Gasteiger partial charge in [0.05, 0.1) is 11.0 Å². The summed E-state index contributed by atoms with van der Waals surface area (Å²) in [6.07, 6.45) is 3.09. The fourth-order valence-electron chi connectivity index (χ4n) is 4.84. The molecule has 0 unspecified atom stereocenters. The second-order valence-electron chi connectivity index (χ2n) is 7.64. The number of carbonyl (C=O) groups excluding carboxylic acids is 3. The molecule has 0 radical (unpaired) electrons. The number of nitrogens with one attached hydrogen (secondary N) is 1. The van der Waals surface area contributed by atoms with Gasteiger partial charge in [-0.3, -0.25) is 29.9 Å². The molecule has 2 fully saturated rings. The summed E-state index contributed by atoms with van der Waals surface area (Å²) in [5.41, 5.74) is -0.0808. The van der Waals surface area contributed by atoms with E-state index in [2.05, 4.69) is 5.32 Å². The van der Waals surface area contributed by atoms with Crippen molar-refractivity contribution in [3.05, 3.63) is 33.9 Å². The number of barbiturate groups is 1. The molecule has 3 heterocycles. The molecule has 1 N–H and O–H groups in total. The largest absolute Gasteiger partial charge is 0.367 e. The highest BCUT2D eigenvalue weighted by molar-refractivity contribution is 6.20. The first-order valence-corrected chi connectivity index (χ1v) is 9.61. The Hall–Kier alpha value is -2.97. The fraction of sp³-hybridized carbons (Fsp3) is 0.526. The minimum absolute atomic E-state index is 0.0589. The van der Waals surface area contributed by atoms with Crippen LogP contribution in [0.3, 0.4) is 0 Å². The molecule has 4 amide bonds. The van der Waals surface area contributed by atoms with E-state index in [4.69, 9.17) is 0 Å². The summed E-state index contributed by atoms with van der Waals surface area (Å²) in [4.78, 5) is 52.7. The molecular formula is C19H22N4O5. The molecule has 3 aliphatic heterocycles. The number of urea groups is 1. The third-order valence-corrected chi connectivity index (χ3v) is 6.07. The SMILES string of the molecule is CCCN1C(=O)NC(=O)[C@@]2(Cc3cc([N+](=O)[O-])ccc3N3CCCC[C@@H]32)C1=O. The molecular weight excluding hydrogens is 364 g/mol. The number of piperidine rings is 1. The molecule has 9 heteroatoms. The van der Waals surface area contributed by atoms with E-state index in [1.54, 1.807) is 6.07 Å². The molecule has 0 bridgehead atoms. The molecule has 0 aromatic heterocycles. The van der Waals surface area contributed by atoms with E-state index in [0.717, 1.165) is 23.4 Å². The number of nitro groups is 1. The Morgan fingerprint density at radius 2 is 2.07 bits per heavy atom. The number of nitrogens with zero attached hydrogens (tertiary/aromatic N) is 3. The predicted molar refractivity (Wildman–Crippen MR) is 99.8 cm³/mol. The van der Waals surface area contributed by atoms with E-state index < -0.39 is 28.2 Å². The summed E-state index contributed by atoms with van der Waals surface area (Å²) in [5.74, 6) is -1.08. The van der Waals surface area contributed by atoms with Gasteiger partial charge in [0.25, 0.3) is 5.69 Å². The highest BCUT2D eigenvalue weighted by atomic mass is 16.6. The van der Waals surface area contributed by atoms with Gasteiger partial charge in [0.2, 0.25) is 11.8 Å². The second kappa shape index (κ2) is 6.57. The van der Waals surface area contributed by atoms with Gasteiger partial charge in [-0.05, 0) is 37.3 Å². The number of amides is 4. The van der Waals surface area contributed by atoms with E-state index in [1.165, 1.54) is 12.1 Å². The van der Waals surface area contributed by atoms with Crippen molar-refractivity contribution in [2.45, 2.75) is 45.1 Å². The summed E-state index contributed by atoms with van der Waals surface area (Å²) < 4.78 is 0. The number of benzene rings is 1. The third-order valence-electron chi connectivity index (χ3n) is 6.07. The maximum atomic E-state index is 13.5. The lowest BCUT2D eigenvalue weighted by Crippen LogP contribution is -2.72. The van der Waals surface area contributed by atoms with Crippen LogP contribution in [0.2, 0.25) is 0 Å². The van der Waals surface area contributed by atoms with Gasteiger partial charge >= 0.3 is 6.03 Å². The van der Waals surface area contributed by atoms with Gasteiger partial charge in [0.15, 0.2) is 5.41 Å². The lowest BCUT2D eigenvalue weighted by atomic mass is 9.66. The first-order valence-electron chi connectivity index (χ1n) is 9.61. The highest BCUT2D eigenvalue weighted by Gasteiger charge is 2.62. The zero-order valence-corrected chi connectivity index (χ0v) is 15.6. The average Bonchev–Trinajstić information content (AvgIpc) is 2.69. The minimum atomic E-state index is -1.44. The summed E-state index contributed by atoms with van der Waals surface area (Å²) in [6, 6.07) is 3.56. The maximum Gasteiger partial charge on any atom is 0.330 e. The van der Waals surface area contributed by atoms with E-state index in [0.29, 0.717) is 24.9 Å². The van der Waals surface area contributed by atoms with Crippen LogP contribution in [0.4, 0.5) is 16.2 Å². The zero-order valence-electron chi connectivity index (χ0n) is 15.6. The molecule has 1 spiro atoms. The Morgan fingerprint density at radius 3 is 2.79 bits per heavy atom. The first-order chi connectivity index (χ1) is 13.4. The van der Waals surface area contributed by atoms with Crippen molar-refractivity contribution in [1.82, 2.24) is 10.2 Å². The predicted octanol–water partition coefficient (Wildman–Crippen LogP) is 1.98. The highest BCUT2D eigenvalue weighted by Crippen LogP contribution is 2.48. The molecule has 0 aliphatic carbocycles. The van der Waals surface area contributed by atoms with E-state index >= 15 is 0 Å². The minimum Gasteiger partial charge on any atom is -0.367 e. The van der Waals surface area contributed by atoms with Crippen LogP contribution >= 0.6 is 0 Å². The van der Waals surface area contributed by atoms with Crippen molar-refractivity contribution in [3.63, 3.8) is 0 Å². The van der Waals surface area contributed by atoms with Crippen LogP contribution in [0.15, 0.2) is 18.2 Å². The van der Waals surface area contributed by atoms with Crippen molar-refractivity contribution < 1.29 is 19.3 Å². The number of rotatable bonds is 3. The van der Waals surface area contributed by atoms with Gasteiger partial charge in [-0.25, -0.2) is 4.79 Å². The molecule has 1 aromatic rings. The van der Waals surface area contributed by atoms with Crippen LogP contribution in [0.5, 0.6) is 0 Å². The Morgan fingerprint density at radius 1 is 1.29 bits per heavy atom. The standard InChI is InChI=1S/C19H22N4O5/c1-2-8-22-17(25)19(16(24)20-18(22)26)11-12-10-13(23(27)28)6-7-14(12)21-9-4-3-5-15(19)21/h6-7,10,15H,2-5,8-9,11H2,1H3,(H,20,24,26)/t15-,19+/m1/s1. The number of anilines is 1. The Labute approximate surface area is 161 Å². The molecule has 2 saturated heterocycles.